The van der Waals surface area contributed by atoms with Gasteiger partial charge in [-0.2, -0.15) is 0 Å². The van der Waals surface area contributed by atoms with E-state index in [1.165, 1.54) is 0 Å². The van der Waals surface area contributed by atoms with Crippen molar-refractivity contribution >= 4 is 49.1 Å². The lowest BCUT2D eigenvalue weighted by molar-refractivity contribution is 0.102. The number of hydrogen-bond donors (Lipinski definition) is 2. The highest BCUT2D eigenvalue weighted by molar-refractivity contribution is 9.10. The summed E-state index contributed by atoms with van der Waals surface area (Å²) in [5, 5.41) is 2.82. The number of halogens is 2. The molecule has 0 aromatic heterocycles. The van der Waals surface area contributed by atoms with Crippen LogP contribution in [0.25, 0.3) is 0 Å². The van der Waals surface area contributed by atoms with E-state index in [-0.39, 0.29) is 5.91 Å². The maximum atomic E-state index is 12.2. The first-order valence-corrected chi connectivity index (χ1v) is 7.19. The quantitative estimate of drug-likeness (QED) is 0.757. The summed E-state index contributed by atoms with van der Waals surface area (Å²) < 4.78 is 1.78. The average molecular weight is 384 g/mol. The Morgan fingerprint density at radius 1 is 1.21 bits per heavy atom. The molecule has 2 rings (SSSR count). The first-order chi connectivity index (χ1) is 8.99. The second-order valence-corrected chi connectivity index (χ2v) is 5.87. The fourth-order valence-corrected chi connectivity index (χ4v) is 2.44. The summed E-state index contributed by atoms with van der Waals surface area (Å²) in [4.78, 5) is 12.2. The number of rotatable bonds is 2. The van der Waals surface area contributed by atoms with Crippen molar-refractivity contribution < 1.29 is 4.79 Å². The molecule has 3 N–H and O–H groups in total. The Bertz CT molecular complexity index is 641. The van der Waals surface area contributed by atoms with Crippen molar-refractivity contribution in [1.82, 2.24) is 0 Å². The third-order valence-corrected chi connectivity index (χ3v) is 4.13. The van der Waals surface area contributed by atoms with Crippen molar-refractivity contribution in [2.45, 2.75) is 6.92 Å². The lowest BCUT2D eigenvalue weighted by Crippen LogP contribution is -2.14. The maximum Gasteiger partial charge on any atom is 0.256 e. The van der Waals surface area contributed by atoms with Gasteiger partial charge < -0.3 is 11.1 Å². The number of benzene rings is 2. The van der Waals surface area contributed by atoms with Crippen LogP contribution in [0.15, 0.2) is 45.3 Å². The molecule has 2 aromatic rings. The molecule has 0 radical (unpaired) electrons. The molecule has 0 aliphatic heterocycles. The highest BCUT2D eigenvalue weighted by Gasteiger charge is 2.12. The SMILES string of the molecule is Cc1c(Br)cccc1C(=O)Nc1ccc(Br)cc1N. The van der Waals surface area contributed by atoms with Crippen LogP contribution in [0.2, 0.25) is 0 Å². The Hall–Kier alpha value is -1.33. The summed E-state index contributed by atoms with van der Waals surface area (Å²) in [5.74, 6) is -0.173. The molecule has 98 valence electrons. The van der Waals surface area contributed by atoms with Crippen LogP contribution < -0.4 is 11.1 Å². The van der Waals surface area contributed by atoms with E-state index in [0.29, 0.717) is 16.9 Å². The summed E-state index contributed by atoms with van der Waals surface area (Å²) >= 11 is 6.74. The third kappa shape index (κ3) is 3.16. The molecule has 0 aliphatic rings. The van der Waals surface area contributed by atoms with Crippen LogP contribution in [0.3, 0.4) is 0 Å². The predicted molar refractivity (Wildman–Crippen MR) is 85.4 cm³/mol. The van der Waals surface area contributed by atoms with Gasteiger partial charge in [0.15, 0.2) is 0 Å². The number of nitrogens with one attached hydrogen (secondary N) is 1. The normalized spacial score (nSPS) is 10.3. The van der Waals surface area contributed by atoms with Crippen LogP contribution in [0, 0.1) is 6.92 Å². The van der Waals surface area contributed by atoms with Gasteiger partial charge in [0.05, 0.1) is 11.4 Å². The molecule has 0 aliphatic carbocycles. The first-order valence-electron chi connectivity index (χ1n) is 5.60. The minimum absolute atomic E-state index is 0.173. The molecule has 5 heteroatoms. The van der Waals surface area contributed by atoms with Crippen LogP contribution in [-0.2, 0) is 0 Å². The number of nitrogen functional groups attached to an aromatic ring is 1. The second-order valence-electron chi connectivity index (χ2n) is 4.10. The monoisotopic (exact) mass is 382 g/mol. The summed E-state index contributed by atoms with van der Waals surface area (Å²) in [6.45, 7) is 1.89. The van der Waals surface area contributed by atoms with E-state index in [9.17, 15) is 4.79 Å². The predicted octanol–water partition coefficient (Wildman–Crippen LogP) is 4.35. The molecule has 0 bridgehead atoms. The molecule has 19 heavy (non-hydrogen) atoms. The minimum atomic E-state index is -0.173. The van der Waals surface area contributed by atoms with E-state index in [4.69, 9.17) is 5.73 Å². The van der Waals surface area contributed by atoms with Gasteiger partial charge in [-0.25, -0.2) is 0 Å². The molecular weight excluding hydrogens is 372 g/mol. The Balaban J connectivity index is 2.28. The molecule has 0 unspecified atom stereocenters. The molecule has 0 saturated carbocycles. The van der Waals surface area contributed by atoms with Gasteiger partial charge >= 0.3 is 0 Å². The number of anilines is 2. The Morgan fingerprint density at radius 3 is 2.63 bits per heavy atom. The smallest absolute Gasteiger partial charge is 0.256 e. The number of nitrogens with two attached hydrogens (primary N) is 1. The van der Waals surface area contributed by atoms with Crippen LogP contribution in [0.1, 0.15) is 15.9 Å². The molecule has 0 atom stereocenters. The van der Waals surface area contributed by atoms with Crippen LogP contribution in [0.5, 0.6) is 0 Å². The van der Waals surface area contributed by atoms with Crippen molar-refractivity contribution in [2.75, 3.05) is 11.1 Å². The molecule has 0 spiro atoms. The average Bonchev–Trinajstić information content (AvgIpc) is 2.36. The van der Waals surface area contributed by atoms with Crippen LogP contribution in [0.4, 0.5) is 11.4 Å². The molecule has 1 amide bonds. The zero-order chi connectivity index (χ0) is 14.0. The fourth-order valence-electron chi connectivity index (χ4n) is 1.69. The van der Waals surface area contributed by atoms with Gasteiger partial charge in [-0.1, -0.05) is 37.9 Å². The molecule has 0 heterocycles. The van der Waals surface area contributed by atoms with Crippen molar-refractivity contribution in [3.05, 3.63) is 56.5 Å². The Morgan fingerprint density at radius 2 is 1.95 bits per heavy atom. The van der Waals surface area contributed by atoms with Crippen molar-refractivity contribution in [3.8, 4) is 0 Å². The Kier molecular flexibility index (Phi) is 4.27. The highest BCUT2D eigenvalue weighted by atomic mass is 79.9. The third-order valence-electron chi connectivity index (χ3n) is 2.77. The van der Waals surface area contributed by atoms with E-state index < -0.39 is 0 Å². The Labute approximate surface area is 128 Å². The molecular formula is C14H12Br2N2O. The number of amides is 1. The summed E-state index contributed by atoms with van der Waals surface area (Å²) in [6.07, 6.45) is 0. The van der Waals surface area contributed by atoms with Crippen LogP contribution >= 0.6 is 31.9 Å². The topological polar surface area (TPSA) is 55.1 Å². The van der Waals surface area contributed by atoms with E-state index in [0.717, 1.165) is 14.5 Å². The molecule has 0 saturated heterocycles. The number of hydrogen-bond acceptors (Lipinski definition) is 2. The number of carbonyl (C=O) groups is 1. The number of carbonyl (C=O) groups excluding carboxylic acids is 1. The maximum absolute atomic E-state index is 12.2. The van der Waals surface area contributed by atoms with E-state index in [1.807, 2.05) is 25.1 Å². The zero-order valence-corrected chi connectivity index (χ0v) is 13.4. The molecule has 0 fully saturated rings. The summed E-state index contributed by atoms with van der Waals surface area (Å²) in [6, 6.07) is 10.9. The van der Waals surface area contributed by atoms with Crippen molar-refractivity contribution in [1.29, 1.82) is 0 Å². The van der Waals surface area contributed by atoms with Crippen LogP contribution in [-0.4, -0.2) is 5.91 Å². The summed E-state index contributed by atoms with van der Waals surface area (Å²) in [5.41, 5.74) is 8.51. The van der Waals surface area contributed by atoms with E-state index in [2.05, 4.69) is 37.2 Å². The fraction of sp³-hybridized carbons (Fsp3) is 0.0714. The van der Waals surface area contributed by atoms with E-state index in [1.54, 1.807) is 18.2 Å². The molecule has 3 nitrogen and oxygen atoms in total. The van der Waals surface area contributed by atoms with E-state index >= 15 is 0 Å². The van der Waals surface area contributed by atoms with Gasteiger partial charge in [0, 0.05) is 14.5 Å². The summed E-state index contributed by atoms with van der Waals surface area (Å²) in [7, 11) is 0. The van der Waals surface area contributed by atoms with Crippen molar-refractivity contribution in [2.24, 2.45) is 0 Å². The van der Waals surface area contributed by atoms with Gasteiger partial charge in [0.1, 0.15) is 0 Å². The first kappa shape index (κ1) is 14.1. The second kappa shape index (κ2) is 5.75. The van der Waals surface area contributed by atoms with Gasteiger partial charge in [-0.15, -0.1) is 0 Å². The van der Waals surface area contributed by atoms with Gasteiger partial charge in [-0.3, -0.25) is 4.79 Å². The van der Waals surface area contributed by atoms with Gasteiger partial charge in [0.25, 0.3) is 5.91 Å². The minimum Gasteiger partial charge on any atom is -0.397 e. The zero-order valence-electron chi connectivity index (χ0n) is 10.2. The standard InChI is InChI=1S/C14H12Br2N2O/c1-8-10(3-2-4-11(8)16)14(19)18-13-6-5-9(15)7-12(13)17/h2-7H,17H2,1H3,(H,18,19). The highest BCUT2D eigenvalue weighted by Crippen LogP contribution is 2.25. The lowest BCUT2D eigenvalue weighted by Gasteiger charge is -2.11. The largest absolute Gasteiger partial charge is 0.397 e. The lowest BCUT2D eigenvalue weighted by atomic mass is 10.1. The van der Waals surface area contributed by atoms with Gasteiger partial charge in [-0.05, 0) is 42.8 Å². The molecule has 2 aromatic carbocycles. The van der Waals surface area contributed by atoms with Gasteiger partial charge in [0.2, 0.25) is 0 Å². The van der Waals surface area contributed by atoms with Crippen molar-refractivity contribution in [3.63, 3.8) is 0 Å².